The van der Waals surface area contributed by atoms with Gasteiger partial charge in [-0.15, -0.1) is 0 Å². The molecule has 1 fully saturated rings. The number of rotatable bonds is 5. The Hall–Kier alpha value is -1.91. The van der Waals surface area contributed by atoms with Crippen molar-refractivity contribution in [3.63, 3.8) is 0 Å². The van der Waals surface area contributed by atoms with Gasteiger partial charge < -0.3 is 9.64 Å². The second kappa shape index (κ2) is 7.14. The van der Waals surface area contributed by atoms with Crippen LogP contribution in [0.1, 0.15) is 39.9 Å². The van der Waals surface area contributed by atoms with Crippen LogP contribution in [-0.2, 0) is 24.3 Å². The van der Waals surface area contributed by atoms with Gasteiger partial charge in [0.1, 0.15) is 0 Å². The molecule has 1 aromatic carbocycles. The van der Waals surface area contributed by atoms with Crippen LogP contribution >= 0.6 is 11.6 Å². The van der Waals surface area contributed by atoms with Gasteiger partial charge in [-0.05, 0) is 60.1 Å². The molecule has 1 aliphatic heterocycles. The van der Waals surface area contributed by atoms with Crippen molar-refractivity contribution in [2.24, 2.45) is 5.92 Å². The first-order valence-electron chi connectivity index (χ1n) is 8.78. The van der Waals surface area contributed by atoms with Crippen molar-refractivity contribution in [3.05, 3.63) is 63.9 Å². The zero-order valence-corrected chi connectivity index (χ0v) is 14.8. The zero-order valence-electron chi connectivity index (χ0n) is 14.1. The second-order valence-corrected chi connectivity index (χ2v) is 7.32. The Morgan fingerprint density at radius 1 is 1.32 bits per heavy atom. The first-order valence-corrected chi connectivity index (χ1v) is 9.16. The van der Waals surface area contributed by atoms with Crippen molar-refractivity contribution < 1.29 is 9.53 Å². The number of ether oxygens (including phenoxy) is 1. The first kappa shape index (κ1) is 16.6. The molecule has 0 bridgehead atoms. The molecule has 0 saturated heterocycles. The third-order valence-electron chi connectivity index (χ3n) is 4.90. The molecular weight excluding hydrogens is 336 g/mol. The number of hydrogen-bond donors (Lipinski definition) is 0. The molecule has 0 spiro atoms. The number of hydrogen-bond acceptors (Lipinski definition) is 3. The zero-order chi connectivity index (χ0) is 17.2. The van der Waals surface area contributed by atoms with Crippen molar-refractivity contribution in [2.45, 2.75) is 32.4 Å². The van der Waals surface area contributed by atoms with E-state index in [1.54, 1.807) is 12.1 Å². The van der Waals surface area contributed by atoms with Crippen LogP contribution in [0.15, 0.2) is 36.7 Å². The van der Waals surface area contributed by atoms with E-state index in [2.05, 4.69) is 4.98 Å². The minimum Gasteiger partial charge on any atom is -0.376 e. The molecule has 25 heavy (non-hydrogen) atoms. The predicted octanol–water partition coefficient (Wildman–Crippen LogP) is 3.86. The van der Waals surface area contributed by atoms with Crippen LogP contribution in [0.25, 0.3) is 0 Å². The van der Waals surface area contributed by atoms with Gasteiger partial charge in [0.15, 0.2) is 0 Å². The number of carbonyl (C=O) groups is 1. The van der Waals surface area contributed by atoms with Crippen LogP contribution in [-0.4, -0.2) is 28.9 Å². The maximum Gasteiger partial charge on any atom is 0.254 e. The van der Waals surface area contributed by atoms with Crippen LogP contribution in [0, 0.1) is 5.92 Å². The van der Waals surface area contributed by atoms with E-state index in [0.29, 0.717) is 30.3 Å². The topological polar surface area (TPSA) is 42.4 Å². The van der Waals surface area contributed by atoms with Crippen LogP contribution in [0.2, 0.25) is 5.02 Å². The minimum absolute atomic E-state index is 0.0172. The summed E-state index contributed by atoms with van der Waals surface area (Å²) in [6, 6.07) is 7.12. The summed E-state index contributed by atoms with van der Waals surface area (Å²) in [6.45, 7) is 2.76. The molecule has 1 amide bonds. The van der Waals surface area contributed by atoms with Gasteiger partial charge in [-0.2, -0.15) is 0 Å². The maximum atomic E-state index is 12.7. The fraction of sp³-hybridized carbons (Fsp3) is 0.400. The molecule has 1 aromatic heterocycles. The lowest BCUT2D eigenvalue weighted by atomic mass is 9.97. The van der Waals surface area contributed by atoms with Crippen LogP contribution in [0.3, 0.4) is 0 Å². The molecule has 2 aromatic rings. The van der Waals surface area contributed by atoms with Gasteiger partial charge in [0, 0.05) is 42.7 Å². The summed E-state index contributed by atoms with van der Waals surface area (Å²) in [7, 11) is 0. The third-order valence-corrected chi connectivity index (χ3v) is 5.13. The predicted molar refractivity (Wildman–Crippen MR) is 96.5 cm³/mol. The number of benzene rings is 1. The molecule has 0 radical (unpaired) electrons. The summed E-state index contributed by atoms with van der Waals surface area (Å²) in [4.78, 5) is 18.9. The maximum absolute atomic E-state index is 12.7. The third kappa shape index (κ3) is 3.86. The lowest BCUT2D eigenvalue weighted by Gasteiger charge is -2.30. The van der Waals surface area contributed by atoms with Gasteiger partial charge in [0.05, 0.1) is 6.61 Å². The number of halogens is 1. The molecule has 4 rings (SSSR count). The molecule has 2 aliphatic rings. The second-order valence-electron chi connectivity index (χ2n) is 6.88. The highest BCUT2D eigenvalue weighted by Gasteiger charge is 2.25. The number of nitrogens with zero attached hydrogens (tertiary/aromatic N) is 2. The largest absolute Gasteiger partial charge is 0.376 e. The Labute approximate surface area is 152 Å². The quantitative estimate of drug-likeness (QED) is 0.817. The molecule has 0 atom stereocenters. The van der Waals surface area contributed by atoms with E-state index in [0.717, 1.165) is 30.1 Å². The highest BCUT2D eigenvalue weighted by Crippen LogP contribution is 2.30. The molecule has 0 N–H and O–H groups in total. The Morgan fingerprint density at radius 2 is 2.20 bits per heavy atom. The highest BCUT2D eigenvalue weighted by atomic mass is 35.5. The van der Waals surface area contributed by atoms with Crippen molar-refractivity contribution in [2.75, 3.05) is 13.2 Å². The van der Waals surface area contributed by atoms with Gasteiger partial charge >= 0.3 is 0 Å². The number of pyridine rings is 1. The van der Waals surface area contributed by atoms with E-state index in [-0.39, 0.29) is 5.91 Å². The summed E-state index contributed by atoms with van der Waals surface area (Å²) in [5.74, 6) is 0.779. The van der Waals surface area contributed by atoms with E-state index in [4.69, 9.17) is 16.3 Å². The summed E-state index contributed by atoms with van der Waals surface area (Å²) in [5, 5.41) is 0.583. The Balaban J connectivity index is 1.46. The normalized spacial score (nSPS) is 16.6. The number of aromatic nitrogens is 1. The summed E-state index contributed by atoms with van der Waals surface area (Å²) >= 11 is 6.01. The van der Waals surface area contributed by atoms with Gasteiger partial charge in [0.25, 0.3) is 5.91 Å². The monoisotopic (exact) mass is 356 g/mol. The molecule has 0 unspecified atom stereocenters. The van der Waals surface area contributed by atoms with E-state index >= 15 is 0 Å². The average molecular weight is 357 g/mol. The summed E-state index contributed by atoms with van der Waals surface area (Å²) < 4.78 is 5.83. The molecular formula is C20H21ClN2O2. The minimum atomic E-state index is 0.0172. The van der Waals surface area contributed by atoms with Crippen LogP contribution < -0.4 is 0 Å². The summed E-state index contributed by atoms with van der Waals surface area (Å²) in [6.07, 6.45) is 7.21. The van der Waals surface area contributed by atoms with Gasteiger partial charge in [-0.1, -0.05) is 17.7 Å². The van der Waals surface area contributed by atoms with Crippen molar-refractivity contribution in [1.29, 1.82) is 0 Å². The standard InChI is InChI=1S/C20H21ClN2O2/c21-18-3-1-2-15(8-18)20(24)23-7-6-19-16(11-23)9-22-10-17(19)13-25-12-14-4-5-14/h1-3,8-10,14H,4-7,11-13H2. The molecule has 2 heterocycles. The number of carbonyl (C=O) groups excluding carboxylic acids is 1. The van der Waals surface area contributed by atoms with E-state index < -0.39 is 0 Å². The SMILES string of the molecule is O=C(c1cccc(Cl)c1)N1CCc2c(COCC3CC3)cncc2C1. The lowest BCUT2D eigenvalue weighted by molar-refractivity contribution is 0.0732. The van der Waals surface area contributed by atoms with Crippen LogP contribution in [0.5, 0.6) is 0 Å². The van der Waals surface area contributed by atoms with Gasteiger partial charge in [0.2, 0.25) is 0 Å². The lowest BCUT2D eigenvalue weighted by Crippen LogP contribution is -2.36. The fourth-order valence-electron chi connectivity index (χ4n) is 3.29. The number of fused-ring (bicyclic) bond motifs is 1. The van der Waals surface area contributed by atoms with Crippen LogP contribution in [0.4, 0.5) is 0 Å². The Morgan fingerprint density at radius 3 is 3.00 bits per heavy atom. The average Bonchev–Trinajstić information content (AvgIpc) is 3.45. The van der Waals surface area contributed by atoms with Gasteiger partial charge in [-0.3, -0.25) is 9.78 Å². The summed E-state index contributed by atoms with van der Waals surface area (Å²) in [5.41, 5.74) is 4.20. The molecule has 1 saturated carbocycles. The Kier molecular flexibility index (Phi) is 4.73. The molecule has 1 aliphatic carbocycles. The fourth-order valence-corrected chi connectivity index (χ4v) is 3.48. The van der Waals surface area contributed by atoms with E-state index in [9.17, 15) is 4.79 Å². The first-order chi connectivity index (χ1) is 12.2. The van der Waals surface area contributed by atoms with Crippen molar-refractivity contribution in [3.8, 4) is 0 Å². The van der Waals surface area contributed by atoms with Crippen molar-refractivity contribution >= 4 is 17.5 Å². The molecule has 130 valence electrons. The Bertz CT molecular complexity index is 789. The van der Waals surface area contributed by atoms with E-state index in [1.807, 2.05) is 29.4 Å². The smallest absolute Gasteiger partial charge is 0.254 e. The molecule has 5 heteroatoms. The van der Waals surface area contributed by atoms with Crippen molar-refractivity contribution in [1.82, 2.24) is 9.88 Å². The highest BCUT2D eigenvalue weighted by molar-refractivity contribution is 6.30. The van der Waals surface area contributed by atoms with Gasteiger partial charge in [-0.25, -0.2) is 0 Å². The number of amides is 1. The molecule has 4 nitrogen and oxygen atoms in total. The van der Waals surface area contributed by atoms with E-state index in [1.165, 1.54) is 18.4 Å².